The monoisotopic (exact) mass is 217 g/mol. The number of carbonyl (C=O) groups is 1. The van der Waals surface area contributed by atoms with E-state index in [9.17, 15) is 4.79 Å². The van der Waals surface area contributed by atoms with E-state index in [0.29, 0.717) is 0 Å². The van der Waals surface area contributed by atoms with Crippen LogP contribution in [0.1, 0.15) is 10.4 Å². The lowest BCUT2D eigenvalue weighted by Crippen LogP contribution is -2.07. The van der Waals surface area contributed by atoms with E-state index in [1.165, 1.54) is 14.2 Å². The van der Waals surface area contributed by atoms with Crippen LogP contribution in [0.15, 0.2) is 0 Å². The van der Waals surface area contributed by atoms with Crippen molar-refractivity contribution in [2.24, 2.45) is 0 Å². The number of ether oxygens (including phenoxy) is 2. The summed E-state index contributed by atoms with van der Waals surface area (Å²) in [4.78, 5) is 18.4. The minimum absolute atomic E-state index is 0.00523. The Kier molecular flexibility index (Phi) is 3.08. The lowest BCUT2D eigenvalue weighted by atomic mass is 10.3. The fraction of sp³-hybridized carbons (Fsp3) is 0.286. The van der Waals surface area contributed by atoms with Gasteiger partial charge in [0.25, 0.3) is 5.24 Å². The van der Waals surface area contributed by atoms with Crippen LogP contribution in [0.25, 0.3) is 0 Å². The first kappa shape index (κ1) is 10.5. The van der Waals surface area contributed by atoms with Crippen molar-refractivity contribution < 1.29 is 14.3 Å². The molecule has 7 heteroatoms. The van der Waals surface area contributed by atoms with E-state index in [4.69, 9.17) is 26.8 Å². The minimum Gasteiger partial charge on any atom is -0.480 e. The molecule has 6 nitrogen and oxygen atoms in total. The number of nitrogens with two attached hydrogens (primary N) is 1. The van der Waals surface area contributed by atoms with Gasteiger partial charge in [-0.15, -0.1) is 0 Å². The van der Waals surface area contributed by atoms with Crippen molar-refractivity contribution in [2.45, 2.75) is 0 Å². The average molecular weight is 218 g/mol. The highest BCUT2D eigenvalue weighted by atomic mass is 35.5. The Morgan fingerprint density at radius 2 is 1.71 bits per heavy atom. The van der Waals surface area contributed by atoms with Gasteiger partial charge in [0.2, 0.25) is 17.7 Å². The molecule has 0 saturated carbocycles. The predicted octanol–water partition coefficient (Wildman–Crippen LogP) is 0.455. The van der Waals surface area contributed by atoms with Crippen molar-refractivity contribution in [3.63, 3.8) is 0 Å². The van der Waals surface area contributed by atoms with Gasteiger partial charge < -0.3 is 15.2 Å². The van der Waals surface area contributed by atoms with Crippen molar-refractivity contribution >= 4 is 22.8 Å². The Morgan fingerprint density at radius 1 is 1.29 bits per heavy atom. The van der Waals surface area contributed by atoms with Gasteiger partial charge in [0.1, 0.15) is 0 Å². The van der Waals surface area contributed by atoms with Gasteiger partial charge in [-0.2, -0.15) is 9.97 Å². The van der Waals surface area contributed by atoms with Crippen molar-refractivity contribution in [1.82, 2.24) is 9.97 Å². The molecule has 14 heavy (non-hydrogen) atoms. The maximum atomic E-state index is 11.0. The summed E-state index contributed by atoms with van der Waals surface area (Å²) < 4.78 is 9.63. The van der Waals surface area contributed by atoms with E-state index in [2.05, 4.69) is 9.97 Å². The zero-order valence-corrected chi connectivity index (χ0v) is 8.33. The molecule has 76 valence electrons. The molecule has 1 aromatic rings. The Balaban J connectivity index is 3.40. The molecule has 0 fully saturated rings. The van der Waals surface area contributed by atoms with Crippen molar-refractivity contribution in [3.05, 3.63) is 5.56 Å². The van der Waals surface area contributed by atoms with Gasteiger partial charge in [-0.1, -0.05) is 0 Å². The molecular weight excluding hydrogens is 210 g/mol. The van der Waals surface area contributed by atoms with Crippen LogP contribution in [-0.4, -0.2) is 29.4 Å². The standard InChI is InChI=1S/C7H8ClN3O3/c1-13-5-3(4(8)12)6(14-2)11-7(9)10-5/h1-2H3,(H2,9,10,11). The largest absolute Gasteiger partial charge is 0.480 e. The molecule has 0 aliphatic rings. The van der Waals surface area contributed by atoms with Crippen LogP contribution < -0.4 is 15.2 Å². The molecule has 0 atom stereocenters. The number of nitrogen functional groups attached to an aromatic ring is 1. The van der Waals surface area contributed by atoms with Crippen LogP contribution >= 0.6 is 11.6 Å². The third kappa shape index (κ3) is 1.85. The third-order valence-corrected chi connectivity index (χ3v) is 1.63. The highest BCUT2D eigenvalue weighted by Crippen LogP contribution is 2.26. The maximum Gasteiger partial charge on any atom is 0.263 e. The van der Waals surface area contributed by atoms with Gasteiger partial charge in [0, 0.05) is 0 Å². The lowest BCUT2D eigenvalue weighted by molar-refractivity contribution is 0.107. The molecule has 0 radical (unpaired) electrons. The smallest absolute Gasteiger partial charge is 0.263 e. The Labute approximate surface area is 85.0 Å². The summed E-state index contributed by atoms with van der Waals surface area (Å²) in [6.45, 7) is 0. The number of methoxy groups -OCH3 is 2. The number of nitrogens with zero attached hydrogens (tertiary/aromatic N) is 2. The summed E-state index contributed by atoms with van der Waals surface area (Å²) in [5.74, 6) is -0.0657. The first-order chi connectivity index (χ1) is 6.60. The van der Waals surface area contributed by atoms with Crippen molar-refractivity contribution in [1.29, 1.82) is 0 Å². The average Bonchev–Trinajstić information content (AvgIpc) is 2.15. The van der Waals surface area contributed by atoms with Crippen molar-refractivity contribution in [3.8, 4) is 11.8 Å². The Morgan fingerprint density at radius 3 is 2.00 bits per heavy atom. The third-order valence-electron chi connectivity index (χ3n) is 1.44. The number of anilines is 1. The highest BCUT2D eigenvalue weighted by molar-refractivity contribution is 6.68. The molecule has 1 aromatic heterocycles. The Bertz CT molecular complexity index is 344. The van der Waals surface area contributed by atoms with Crippen LogP contribution in [0.4, 0.5) is 5.95 Å². The topological polar surface area (TPSA) is 87.3 Å². The van der Waals surface area contributed by atoms with Gasteiger partial charge in [0.05, 0.1) is 14.2 Å². The molecule has 0 spiro atoms. The minimum atomic E-state index is -0.765. The zero-order valence-electron chi connectivity index (χ0n) is 7.57. The predicted molar refractivity (Wildman–Crippen MR) is 49.7 cm³/mol. The van der Waals surface area contributed by atoms with E-state index in [0.717, 1.165) is 0 Å². The molecule has 1 heterocycles. The Hall–Kier alpha value is -1.56. The van der Waals surface area contributed by atoms with Crippen LogP contribution in [-0.2, 0) is 0 Å². The van der Waals surface area contributed by atoms with Gasteiger partial charge in [-0.05, 0) is 11.6 Å². The maximum absolute atomic E-state index is 11.0. The second-order valence-corrected chi connectivity index (χ2v) is 2.59. The lowest BCUT2D eigenvalue weighted by Gasteiger charge is -2.08. The van der Waals surface area contributed by atoms with E-state index in [-0.39, 0.29) is 23.3 Å². The summed E-state index contributed by atoms with van der Waals surface area (Å²) in [6.07, 6.45) is 0. The SMILES string of the molecule is COc1nc(N)nc(OC)c1C(=O)Cl. The first-order valence-corrected chi connectivity index (χ1v) is 3.93. The second-order valence-electron chi connectivity index (χ2n) is 2.25. The molecule has 0 unspecified atom stereocenters. The normalized spacial score (nSPS) is 9.64. The van der Waals surface area contributed by atoms with Gasteiger partial charge in [0.15, 0.2) is 5.56 Å². The van der Waals surface area contributed by atoms with Gasteiger partial charge in [-0.3, -0.25) is 4.79 Å². The summed E-state index contributed by atoms with van der Waals surface area (Å²) in [5.41, 5.74) is 5.31. The van der Waals surface area contributed by atoms with Gasteiger partial charge >= 0.3 is 0 Å². The fourth-order valence-corrected chi connectivity index (χ4v) is 1.06. The van der Waals surface area contributed by atoms with E-state index in [1.54, 1.807) is 0 Å². The molecule has 0 aliphatic carbocycles. The number of carbonyl (C=O) groups excluding carboxylic acids is 1. The second kappa shape index (κ2) is 4.10. The molecular formula is C7H8ClN3O3. The van der Waals surface area contributed by atoms with Crippen LogP contribution in [0.5, 0.6) is 11.8 Å². The van der Waals surface area contributed by atoms with Crippen molar-refractivity contribution in [2.75, 3.05) is 20.0 Å². The van der Waals surface area contributed by atoms with Gasteiger partial charge in [-0.25, -0.2) is 0 Å². The molecule has 0 saturated heterocycles. The van der Waals surface area contributed by atoms with E-state index in [1.807, 2.05) is 0 Å². The number of rotatable bonds is 3. The summed E-state index contributed by atoms with van der Waals surface area (Å²) in [7, 11) is 2.68. The summed E-state index contributed by atoms with van der Waals surface area (Å²) in [5, 5.41) is -0.765. The molecule has 0 bridgehead atoms. The van der Waals surface area contributed by atoms with E-state index < -0.39 is 5.24 Å². The number of hydrogen-bond donors (Lipinski definition) is 1. The number of halogens is 1. The molecule has 2 N–H and O–H groups in total. The highest BCUT2D eigenvalue weighted by Gasteiger charge is 2.20. The summed E-state index contributed by atoms with van der Waals surface area (Å²) in [6, 6.07) is 0. The molecule has 0 aromatic carbocycles. The van der Waals surface area contributed by atoms with Crippen LogP contribution in [0.3, 0.4) is 0 Å². The number of hydrogen-bond acceptors (Lipinski definition) is 6. The molecule has 0 amide bonds. The van der Waals surface area contributed by atoms with Crippen LogP contribution in [0, 0.1) is 0 Å². The zero-order chi connectivity index (χ0) is 10.7. The first-order valence-electron chi connectivity index (χ1n) is 3.55. The summed E-state index contributed by atoms with van der Waals surface area (Å²) >= 11 is 5.30. The molecule has 0 aliphatic heterocycles. The van der Waals surface area contributed by atoms with E-state index >= 15 is 0 Å². The number of aromatic nitrogens is 2. The van der Waals surface area contributed by atoms with Crippen LogP contribution in [0.2, 0.25) is 0 Å². The quantitative estimate of drug-likeness (QED) is 0.740. The molecule has 1 rings (SSSR count). The fourth-order valence-electron chi connectivity index (χ4n) is 0.900.